The van der Waals surface area contributed by atoms with Crippen molar-refractivity contribution in [3.05, 3.63) is 29.8 Å². The summed E-state index contributed by atoms with van der Waals surface area (Å²) in [6.07, 6.45) is 0.171. The Bertz CT molecular complexity index is 427. The van der Waals surface area contributed by atoms with Crippen molar-refractivity contribution in [2.24, 2.45) is 0 Å². The molecule has 106 valence electrons. The molecule has 0 bridgehead atoms. The summed E-state index contributed by atoms with van der Waals surface area (Å²) in [5.41, 5.74) is -0.144. The van der Waals surface area contributed by atoms with Gasteiger partial charge in [0.25, 0.3) is 0 Å². The fourth-order valence-corrected chi connectivity index (χ4v) is 1.55. The van der Waals surface area contributed by atoms with E-state index in [0.29, 0.717) is 13.2 Å². The normalized spacial score (nSPS) is 12.2. The highest BCUT2D eigenvalue weighted by Gasteiger charge is 2.08. The number of hydrogen-bond donors (Lipinski definition) is 2. The number of nitrogens with one attached hydrogen (secondary N) is 2. The number of amides is 1. The predicted molar refractivity (Wildman–Crippen MR) is 68.9 cm³/mol. The highest BCUT2D eigenvalue weighted by atomic mass is 19.1. The van der Waals surface area contributed by atoms with Crippen molar-refractivity contribution in [2.45, 2.75) is 19.4 Å². The third-order valence-electron chi connectivity index (χ3n) is 2.46. The van der Waals surface area contributed by atoms with Gasteiger partial charge in [-0.15, -0.1) is 0 Å². The predicted octanol–water partition coefficient (Wildman–Crippen LogP) is 1.92. The van der Waals surface area contributed by atoms with Gasteiger partial charge in [-0.25, -0.2) is 8.78 Å². The van der Waals surface area contributed by atoms with E-state index in [2.05, 4.69) is 10.6 Å². The smallest absolute Gasteiger partial charge is 0.225 e. The van der Waals surface area contributed by atoms with Crippen LogP contribution in [0.2, 0.25) is 0 Å². The molecular formula is C13H18F2N2O2. The molecule has 0 aliphatic rings. The van der Waals surface area contributed by atoms with Gasteiger partial charge in [0.1, 0.15) is 11.6 Å². The first-order valence-corrected chi connectivity index (χ1v) is 6.00. The lowest BCUT2D eigenvalue weighted by Crippen LogP contribution is -2.32. The zero-order valence-corrected chi connectivity index (χ0v) is 11.0. The second kappa shape index (κ2) is 7.81. The molecular weight excluding hydrogens is 254 g/mol. The molecule has 1 rings (SSSR count). The van der Waals surface area contributed by atoms with Gasteiger partial charge in [0.05, 0.1) is 12.3 Å². The number of hydrogen-bond acceptors (Lipinski definition) is 3. The van der Waals surface area contributed by atoms with Crippen LogP contribution in [0.4, 0.5) is 14.5 Å². The average molecular weight is 272 g/mol. The summed E-state index contributed by atoms with van der Waals surface area (Å²) in [5, 5.41) is 5.40. The molecule has 1 atom stereocenters. The Hall–Kier alpha value is -1.53. The monoisotopic (exact) mass is 272 g/mol. The number of carbonyl (C=O) groups is 1. The quantitative estimate of drug-likeness (QED) is 0.797. The molecule has 0 heterocycles. The molecule has 0 fully saturated rings. The van der Waals surface area contributed by atoms with Gasteiger partial charge in [-0.3, -0.25) is 4.79 Å². The maximum Gasteiger partial charge on any atom is 0.225 e. The van der Waals surface area contributed by atoms with Crippen LogP contribution in [0.5, 0.6) is 0 Å². The Labute approximate surface area is 111 Å². The van der Waals surface area contributed by atoms with Gasteiger partial charge < -0.3 is 15.4 Å². The summed E-state index contributed by atoms with van der Waals surface area (Å²) in [7, 11) is 1.59. The number of ether oxygens (including phenoxy) is 1. The Balaban J connectivity index is 2.37. The van der Waals surface area contributed by atoms with Crippen LogP contribution >= 0.6 is 0 Å². The van der Waals surface area contributed by atoms with Crippen LogP contribution in [0.3, 0.4) is 0 Å². The second-order valence-corrected chi connectivity index (χ2v) is 4.23. The zero-order chi connectivity index (χ0) is 14.3. The van der Waals surface area contributed by atoms with Gasteiger partial charge in [0.15, 0.2) is 0 Å². The Morgan fingerprint density at radius 3 is 2.84 bits per heavy atom. The minimum absolute atomic E-state index is 0.128. The fraction of sp³-hybridized carbons (Fsp3) is 0.462. The Morgan fingerprint density at radius 1 is 1.42 bits per heavy atom. The Morgan fingerprint density at radius 2 is 2.16 bits per heavy atom. The number of rotatable bonds is 7. The fourth-order valence-electron chi connectivity index (χ4n) is 1.55. The molecule has 19 heavy (non-hydrogen) atoms. The average Bonchev–Trinajstić information content (AvgIpc) is 2.34. The molecule has 1 amide bonds. The lowest BCUT2D eigenvalue weighted by atomic mass is 10.2. The van der Waals surface area contributed by atoms with Gasteiger partial charge >= 0.3 is 0 Å². The molecule has 0 saturated heterocycles. The van der Waals surface area contributed by atoms with Crippen molar-refractivity contribution in [3.8, 4) is 0 Å². The van der Waals surface area contributed by atoms with Crippen molar-refractivity contribution >= 4 is 11.6 Å². The first kappa shape index (κ1) is 15.5. The molecule has 1 unspecified atom stereocenters. The van der Waals surface area contributed by atoms with E-state index in [0.717, 1.165) is 18.2 Å². The van der Waals surface area contributed by atoms with Crippen LogP contribution in [-0.2, 0) is 9.53 Å². The van der Waals surface area contributed by atoms with Crippen LogP contribution in [0.15, 0.2) is 18.2 Å². The van der Waals surface area contributed by atoms with Crippen molar-refractivity contribution in [2.75, 3.05) is 25.6 Å². The van der Waals surface area contributed by atoms with Crippen molar-refractivity contribution in [1.29, 1.82) is 0 Å². The van der Waals surface area contributed by atoms with Gasteiger partial charge in [-0.1, -0.05) is 0 Å². The number of benzene rings is 1. The van der Waals surface area contributed by atoms with Gasteiger partial charge in [-0.2, -0.15) is 0 Å². The highest BCUT2D eigenvalue weighted by molar-refractivity contribution is 5.90. The molecule has 1 aromatic carbocycles. The molecule has 0 aliphatic carbocycles. The van der Waals surface area contributed by atoms with Crippen LogP contribution in [0.25, 0.3) is 0 Å². The standard InChI is InChI=1S/C13H18F2N2O2/c1-9(8-19-2)16-6-5-13(18)17-12-7-10(14)3-4-11(12)15/h3-4,7,9,16H,5-6,8H2,1-2H3,(H,17,18). The number of halogens is 2. The molecule has 6 heteroatoms. The second-order valence-electron chi connectivity index (χ2n) is 4.23. The molecule has 4 nitrogen and oxygen atoms in total. The van der Waals surface area contributed by atoms with E-state index >= 15 is 0 Å². The van der Waals surface area contributed by atoms with Crippen LogP contribution in [0, 0.1) is 11.6 Å². The maximum absolute atomic E-state index is 13.3. The molecule has 0 saturated carbocycles. The lowest BCUT2D eigenvalue weighted by Gasteiger charge is -2.12. The summed E-state index contributed by atoms with van der Waals surface area (Å²) in [6, 6.07) is 3.06. The third kappa shape index (κ3) is 5.76. The van der Waals surface area contributed by atoms with Crippen molar-refractivity contribution < 1.29 is 18.3 Å². The number of anilines is 1. The van der Waals surface area contributed by atoms with Crippen LogP contribution in [0.1, 0.15) is 13.3 Å². The van der Waals surface area contributed by atoms with E-state index < -0.39 is 11.6 Å². The number of methoxy groups -OCH3 is 1. The summed E-state index contributed by atoms with van der Waals surface area (Å²) in [4.78, 5) is 11.5. The van der Waals surface area contributed by atoms with Gasteiger partial charge in [-0.05, 0) is 19.1 Å². The van der Waals surface area contributed by atoms with Gasteiger partial charge in [0.2, 0.25) is 5.91 Å². The molecule has 0 aromatic heterocycles. The Kier molecular flexibility index (Phi) is 6.38. The molecule has 0 radical (unpaired) electrons. The van der Waals surface area contributed by atoms with Crippen LogP contribution in [-0.4, -0.2) is 32.2 Å². The van der Waals surface area contributed by atoms with Crippen LogP contribution < -0.4 is 10.6 Å². The van der Waals surface area contributed by atoms with Crippen molar-refractivity contribution in [3.63, 3.8) is 0 Å². The molecule has 2 N–H and O–H groups in total. The van der Waals surface area contributed by atoms with Crippen molar-refractivity contribution in [1.82, 2.24) is 5.32 Å². The molecule has 0 aliphatic heterocycles. The van der Waals surface area contributed by atoms with E-state index in [4.69, 9.17) is 4.74 Å². The van der Waals surface area contributed by atoms with E-state index in [9.17, 15) is 13.6 Å². The first-order chi connectivity index (χ1) is 9.02. The van der Waals surface area contributed by atoms with E-state index in [1.807, 2.05) is 6.92 Å². The summed E-state index contributed by atoms with van der Waals surface area (Å²) >= 11 is 0. The zero-order valence-electron chi connectivity index (χ0n) is 11.0. The molecule has 1 aromatic rings. The summed E-state index contributed by atoms with van der Waals surface area (Å²) < 4.78 is 31.1. The summed E-state index contributed by atoms with van der Waals surface area (Å²) in [6.45, 7) is 2.90. The highest BCUT2D eigenvalue weighted by Crippen LogP contribution is 2.15. The van der Waals surface area contributed by atoms with E-state index in [1.165, 1.54) is 0 Å². The lowest BCUT2D eigenvalue weighted by molar-refractivity contribution is -0.116. The first-order valence-electron chi connectivity index (χ1n) is 6.00. The van der Waals surface area contributed by atoms with Gasteiger partial charge in [0, 0.05) is 32.2 Å². The SMILES string of the molecule is COCC(C)NCCC(=O)Nc1cc(F)ccc1F. The minimum Gasteiger partial charge on any atom is -0.383 e. The molecule has 0 spiro atoms. The topological polar surface area (TPSA) is 50.4 Å². The number of carbonyl (C=O) groups excluding carboxylic acids is 1. The van der Waals surface area contributed by atoms with E-state index in [1.54, 1.807) is 7.11 Å². The largest absolute Gasteiger partial charge is 0.383 e. The summed E-state index contributed by atoms with van der Waals surface area (Å²) in [5.74, 6) is -1.62. The third-order valence-corrected chi connectivity index (χ3v) is 2.46. The maximum atomic E-state index is 13.3. The minimum atomic E-state index is -0.657. The van der Waals surface area contributed by atoms with E-state index in [-0.39, 0.29) is 24.1 Å².